The lowest BCUT2D eigenvalue weighted by molar-refractivity contribution is -0.138. The maximum absolute atomic E-state index is 13.6. The second kappa shape index (κ2) is 11.1. The number of H-pyrrole nitrogens is 1. The molecule has 6 nitrogen and oxygen atoms in total. The zero-order valence-electron chi connectivity index (χ0n) is 20.0. The largest absolute Gasteiger partial charge is 0.463 e. The molecule has 0 spiro atoms. The first-order valence-electron chi connectivity index (χ1n) is 11.9. The van der Waals surface area contributed by atoms with Crippen molar-refractivity contribution in [3.05, 3.63) is 128 Å². The fourth-order valence-electron chi connectivity index (χ4n) is 4.37. The van der Waals surface area contributed by atoms with E-state index in [9.17, 15) is 9.59 Å². The Morgan fingerprint density at radius 2 is 1.68 bits per heavy atom. The number of nitrogens with one attached hydrogen (secondary N) is 2. The van der Waals surface area contributed by atoms with E-state index in [1.807, 2.05) is 84.9 Å². The summed E-state index contributed by atoms with van der Waals surface area (Å²) >= 11 is 7.70. The minimum Gasteiger partial charge on any atom is -0.463 e. The third kappa shape index (κ3) is 5.19. The molecule has 1 aliphatic heterocycles. The van der Waals surface area contributed by atoms with Crippen LogP contribution >= 0.6 is 23.4 Å². The van der Waals surface area contributed by atoms with E-state index in [-0.39, 0.29) is 12.2 Å². The van der Waals surface area contributed by atoms with E-state index in [4.69, 9.17) is 21.3 Å². The molecular weight excluding hydrogens is 506 g/mol. The smallest absolute Gasteiger partial charge is 0.337 e. The summed E-state index contributed by atoms with van der Waals surface area (Å²) in [6, 6.07) is 26.6. The third-order valence-electron chi connectivity index (χ3n) is 6.04. The molecule has 0 saturated carbocycles. The van der Waals surface area contributed by atoms with Crippen molar-refractivity contribution >= 4 is 40.8 Å². The summed E-state index contributed by atoms with van der Waals surface area (Å²) in [6.07, 6.45) is 0. The SMILES string of the molecule is CCOC(=O)C1=C(c2ccccc2)Nc2nc(SCc3ccccc3Cl)[nH]c(=O)c2C1c1ccccc1. The number of hydrogen-bond donors (Lipinski definition) is 2. The monoisotopic (exact) mass is 529 g/mol. The van der Waals surface area contributed by atoms with Crippen molar-refractivity contribution in [3.63, 3.8) is 0 Å². The van der Waals surface area contributed by atoms with Gasteiger partial charge < -0.3 is 15.0 Å². The highest BCUT2D eigenvalue weighted by Crippen LogP contribution is 2.43. The number of carbonyl (C=O) groups excluding carboxylic acids is 1. The minimum atomic E-state index is -0.662. The fourth-order valence-corrected chi connectivity index (χ4v) is 5.52. The van der Waals surface area contributed by atoms with Crippen molar-refractivity contribution < 1.29 is 9.53 Å². The Morgan fingerprint density at radius 1 is 1.00 bits per heavy atom. The lowest BCUT2D eigenvalue weighted by atomic mass is 9.81. The van der Waals surface area contributed by atoms with Gasteiger partial charge in [0, 0.05) is 10.8 Å². The molecule has 5 rings (SSSR count). The predicted molar refractivity (Wildman–Crippen MR) is 148 cm³/mol. The van der Waals surface area contributed by atoms with Gasteiger partial charge in [0.15, 0.2) is 5.16 Å². The molecular formula is C29H24ClN3O3S. The van der Waals surface area contributed by atoms with Gasteiger partial charge in [-0.1, -0.05) is 102 Å². The van der Waals surface area contributed by atoms with Crippen LogP contribution in [0.2, 0.25) is 5.02 Å². The molecule has 1 unspecified atom stereocenters. The quantitative estimate of drug-likeness (QED) is 0.167. The molecule has 1 aliphatic rings. The lowest BCUT2D eigenvalue weighted by Crippen LogP contribution is -2.31. The number of fused-ring (bicyclic) bond motifs is 1. The number of nitrogens with zero attached hydrogens (tertiary/aromatic N) is 1. The number of aromatic nitrogens is 2. The van der Waals surface area contributed by atoms with Crippen LogP contribution in [-0.2, 0) is 15.3 Å². The van der Waals surface area contributed by atoms with E-state index in [0.29, 0.717) is 38.6 Å². The molecule has 8 heteroatoms. The van der Waals surface area contributed by atoms with Crippen LogP contribution < -0.4 is 10.9 Å². The molecule has 186 valence electrons. The first-order chi connectivity index (χ1) is 18.1. The Bertz CT molecular complexity index is 1520. The summed E-state index contributed by atoms with van der Waals surface area (Å²) in [5.41, 5.74) is 3.53. The first kappa shape index (κ1) is 24.9. The second-order valence-electron chi connectivity index (χ2n) is 8.36. The van der Waals surface area contributed by atoms with Crippen LogP contribution in [0, 0.1) is 0 Å². The number of thioether (sulfide) groups is 1. The summed E-state index contributed by atoms with van der Waals surface area (Å²) in [5, 5.41) is 4.41. The predicted octanol–water partition coefficient (Wildman–Crippen LogP) is 6.25. The molecule has 3 aromatic carbocycles. The highest BCUT2D eigenvalue weighted by atomic mass is 35.5. The molecule has 0 amide bonds. The van der Waals surface area contributed by atoms with Crippen molar-refractivity contribution in [2.24, 2.45) is 0 Å². The molecule has 4 aromatic rings. The average Bonchev–Trinajstić information content (AvgIpc) is 2.92. The average molecular weight is 530 g/mol. The fraction of sp³-hybridized carbons (Fsp3) is 0.138. The topological polar surface area (TPSA) is 84.1 Å². The van der Waals surface area contributed by atoms with Gasteiger partial charge in [0.1, 0.15) is 5.82 Å². The maximum atomic E-state index is 13.6. The molecule has 0 bridgehead atoms. The Morgan fingerprint density at radius 3 is 2.38 bits per heavy atom. The number of rotatable bonds is 7. The van der Waals surface area contributed by atoms with Gasteiger partial charge in [-0.15, -0.1) is 0 Å². The number of hydrogen-bond acceptors (Lipinski definition) is 6. The molecule has 0 aliphatic carbocycles. The van der Waals surface area contributed by atoms with Crippen LogP contribution in [0.3, 0.4) is 0 Å². The van der Waals surface area contributed by atoms with E-state index in [0.717, 1.165) is 16.7 Å². The van der Waals surface area contributed by atoms with Gasteiger partial charge >= 0.3 is 5.97 Å². The molecule has 0 fully saturated rings. The number of carbonyl (C=O) groups is 1. The van der Waals surface area contributed by atoms with Gasteiger partial charge in [0.05, 0.1) is 29.4 Å². The summed E-state index contributed by atoms with van der Waals surface area (Å²) in [5.74, 6) is -0.194. The number of anilines is 1. The number of halogens is 1. The van der Waals surface area contributed by atoms with Crippen molar-refractivity contribution in [2.45, 2.75) is 23.8 Å². The summed E-state index contributed by atoms with van der Waals surface area (Å²) in [6.45, 7) is 1.98. The van der Waals surface area contributed by atoms with Crippen LogP contribution in [-0.4, -0.2) is 22.5 Å². The van der Waals surface area contributed by atoms with Crippen LogP contribution in [0.25, 0.3) is 5.70 Å². The van der Waals surface area contributed by atoms with Gasteiger partial charge in [-0.2, -0.15) is 0 Å². The molecule has 0 saturated heterocycles. The standard InChI is InChI=1S/C29H24ClN3O3S/c1-2-36-28(35)23-22(18-11-5-3-6-12-18)24-26(31-25(23)19-13-7-4-8-14-19)32-29(33-27(24)34)37-17-20-15-9-10-16-21(20)30/h3-16,22H,2,17H2,1H3,(H2,31,32,33,34). The Kier molecular flexibility index (Phi) is 7.44. The van der Waals surface area contributed by atoms with Crippen molar-refractivity contribution in [3.8, 4) is 0 Å². The first-order valence-corrected chi connectivity index (χ1v) is 13.2. The third-order valence-corrected chi connectivity index (χ3v) is 7.33. The number of benzene rings is 3. The zero-order valence-corrected chi connectivity index (χ0v) is 21.6. The van der Waals surface area contributed by atoms with Crippen LogP contribution in [0.5, 0.6) is 0 Å². The number of ether oxygens (including phenoxy) is 1. The lowest BCUT2D eigenvalue weighted by Gasteiger charge is -2.30. The van der Waals surface area contributed by atoms with E-state index in [1.54, 1.807) is 6.92 Å². The summed E-state index contributed by atoms with van der Waals surface area (Å²) in [7, 11) is 0. The Labute approximate surface area is 223 Å². The number of aromatic amines is 1. The van der Waals surface area contributed by atoms with Gasteiger partial charge in [-0.05, 0) is 29.7 Å². The van der Waals surface area contributed by atoms with E-state index in [2.05, 4.69) is 10.3 Å². The Balaban J connectivity index is 1.65. The second-order valence-corrected chi connectivity index (χ2v) is 9.73. The zero-order chi connectivity index (χ0) is 25.8. The van der Waals surface area contributed by atoms with Gasteiger partial charge in [-0.3, -0.25) is 4.79 Å². The number of esters is 1. The summed E-state index contributed by atoms with van der Waals surface area (Å²) < 4.78 is 5.48. The summed E-state index contributed by atoms with van der Waals surface area (Å²) in [4.78, 5) is 34.6. The molecule has 0 radical (unpaired) electrons. The van der Waals surface area contributed by atoms with Crippen LogP contribution in [0.15, 0.2) is 100 Å². The highest BCUT2D eigenvalue weighted by Gasteiger charge is 2.38. The van der Waals surface area contributed by atoms with Gasteiger partial charge in [0.25, 0.3) is 5.56 Å². The highest BCUT2D eigenvalue weighted by molar-refractivity contribution is 7.98. The van der Waals surface area contributed by atoms with Crippen LogP contribution in [0.1, 0.15) is 35.1 Å². The molecule has 37 heavy (non-hydrogen) atoms. The maximum Gasteiger partial charge on any atom is 0.337 e. The van der Waals surface area contributed by atoms with E-state index in [1.165, 1.54) is 11.8 Å². The van der Waals surface area contributed by atoms with Gasteiger partial charge in [-0.25, -0.2) is 9.78 Å². The van der Waals surface area contributed by atoms with Crippen molar-refractivity contribution in [1.82, 2.24) is 9.97 Å². The molecule has 1 atom stereocenters. The minimum absolute atomic E-state index is 0.213. The normalized spacial score (nSPS) is 14.6. The van der Waals surface area contributed by atoms with Gasteiger partial charge in [0.2, 0.25) is 0 Å². The molecule has 2 N–H and O–H groups in total. The molecule has 2 heterocycles. The van der Waals surface area contributed by atoms with E-state index >= 15 is 0 Å². The van der Waals surface area contributed by atoms with E-state index < -0.39 is 11.9 Å². The molecule has 1 aromatic heterocycles. The van der Waals surface area contributed by atoms with Crippen LogP contribution in [0.4, 0.5) is 5.82 Å². The van der Waals surface area contributed by atoms with Crippen molar-refractivity contribution in [2.75, 3.05) is 11.9 Å². The van der Waals surface area contributed by atoms with Crippen molar-refractivity contribution in [1.29, 1.82) is 0 Å². The Hall–Kier alpha value is -3.81.